The molecular weight excluding hydrogens is 453 g/mol. The van der Waals surface area contributed by atoms with Gasteiger partial charge in [-0.15, -0.1) is 24.0 Å². The molecule has 25 heavy (non-hydrogen) atoms. The lowest BCUT2D eigenvalue weighted by Gasteiger charge is -2.36. The number of rotatable bonds is 5. The Balaban J connectivity index is 0.00000225. The topological polar surface area (TPSA) is 61.8 Å². The van der Waals surface area contributed by atoms with Gasteiger partial charge >= 0.3 is 0 Å². The normalized spacial score (nSPS) is 22.1. The zero-order valence-electron chi connectivity index (χ0n) is 14.8. The molecule has 0 saturated carbocycles. The SMILES string of the molecule is CCNC(=NCC1(C)COC1)NC1CCN(c2ncccc2Cl)C1.I. The fourth-order valence-corrected chi connectivity index (χ4v) is 3.25. The van der Waals surface area contributed by atoms with Crippen LogP contribution in [0.4, 0.5) is 5.82 Å². The van der Waals surface area contributed by atoms with Gasteiger partial charge in [0.15, 0.2) is 5.96 Å². The van der Waals surface area contributed by atoms with E-state index in [4.69, 9.17) is 21.3 Å². The molecule has 2 fully saturated rings. The summed E-state index contributed by atoms with van der Waals surface area (Å²) in [5, 5.41) is 7.58. The van der Waals surface area contributed by atoms with Crippen molar-refractivity contribution in [1.82, 2.24) is 15.6 Å². The summed E-state index contributed by atoms with van der Waals surface area (Å²) in [5.74, 6) is 1.74. The van der Waals surface area contributed by atoms with Crippen molar-refractivity contribution in [2.75, 3.05) is 44.3 Å². The Hall–Kier alpha value is -0.800. The van der Waals surface area contributed by atoms with Crippen LogP contribution in [0.25, 0.3) is 0 Å². The summed E-state index contributed by atoms with van der Waals surface area (Å²) in [6.45, 7) is 9.34. The molecule has 8 heteroatoms. The number of nitrogens with one attached hydrogen (secondary N) is 2. The highest BCUT2D eigenvalue weighted by Crippen LogP contribution is 2.27. The third-order valence-corrected chi connectivity index (χ3v) is 4.73. The van der Waals surface area contributed by atoms with Gasteiger partial charge in [-0.3, -0.25) is 4.99 Å². The van der Waals surface area contributed by atoms with Crippen molar-refractivity contribution in [1.29, 1.82) is 0 Å². The van der Waals surface area contributed by atoms with Crippen molar-refractivity contribution >= 4 is 47.4 Å². The Morgan fingerprint density at radius 1 is 1.52 bits per heavy atom. The first-order valence-corrected chi connectivity index (χ1v) is 8.95. The van der Waals surface area contributed by atoms with E-state index >= 15 is 0 Å². The number of guanidine groups is 1. The summed E-state index contributed by atoms with van der Waals surface area (Å²) in [7, 11) is 0. The van der Waals surface area contributed by atoms with Crippen LogP contribution in [0.15, 0.2) is 23.3 Å². The molecular formula is C17H27ClIN5O. The van der Waals surface area contributed by atoms with Crippen LogP contribution in [0, 0.1) is 5.41 Å². The van der Waals surface area contributed by atoms with Gasteiger partial charge in [0.1, 0.15) is 5.82 Å². The minimum Gasteiger partial charge on any atom is -0.380 e. The van der Waals surface area contributed by atoms with Crippen LogP contribution >= 0.6 is 35.6 Å². The molecule has 1 unspecified atom stereocenters. The average molecular weight is 480 g/mol. The predicted octanol–water partition coefficient (Wildman–Crippen LogP) is 2.52. The van der Waals surface area contributed by atoms with Crippen molar-refractivity contribution in [3.05, 3.63) is 23.4 Å². The number of nitrogens with zero attached hydrogens (tertiary/aromatic N) is 3. The van der Waals surface area contributed by atoms with Crippen LogP contribution in [-0.2, 0) is 4.74 Å². The van der Waals surface area contributed by atoms with Crippen LogP contribution in [-0.4, -0.2) is 56.4 Å². The third kappa shape index (κ3) is 5.34. The van der Waals surface area contributed by atoms with E-state index in [1.165, 1.54) is 0 Å². The molecule has 140 valence electrons. The number of pyridine rings is 1. The summed E-state index contributed by atoms with van der Waals surface area (Å²) in [6.07, 6.45) is 2.83. The van der Waals surface area contributed by atoms with Crippen molar-refractivity contribution in [2.24, 2.45) is 10.4 Å². The lowest BCUT2D eigenvalue weighted by atomic mass is 9.89. The maximum atomic E-state index is 6.26. The van der Waals surface area contributed by atoms with E-state index in [-0.39, 0.29) is 29.4 Å². The minimum atomic E-state index is 0. The molecule has 2 saturated heterocycles. The summed E-state index contributed by atoms with van der Waals surface area (Å²) in [5.41, 5.74) is 0.186. The molecule has 0 bridgehead atoms. The standard InChI is InChI=1S/C17H26ClN5O.HI/c1-3-19-16(21-10-17(2)11-24-12-17)22-13-6-8-23(9-13)15-14(18)5-4-7-20-15;/h4-5,7,13H,3,6,8-12H2,1-2H3,(H2,19,21,22);1H. The Bertz CT molecular complexity index is 596. The fourth-order valence-electron chi connectivity index (χ4n) is 3.01. The number of hydrogen-bond donors (Lipinski definition) is 2. The van der Waals surface area contributed by atoms with Crippen molar-refractivity contribution in [2.45, 2.75) is 26.3 Å². The van der Waals surface area contributed by atoms with Crippen LogP contribution in [0.1, 0.15) is 20.3 Å². The van der Waals surface area contributed by atoms with E-state index in [0.29, 0.717) is 11.1 Å². The van der Waals surface area contributed by atoms with Gasteiger partial charge in [-0.05, 0) is 25.5 Å². The quantitative estimate of drug-likeness (QED) is 0.386. The monoisotopic (exact) mass is 479 g/mol. The molecule has 2 aliphatic heterocycles. The summed E-state index contributed by atoms with van der Waals surface area (Å²) >= 11 is 6.26. The van der Waals surface area contributed by atoms with Crippen molar-refractivity contribution in [3.8, 4) is 0 Å². The Labute approximate surface area is 171 Å². The predicted molar refractivity (Wildman–Crippen MR) is 113 cm³/mol. The number of halogens is 2. The molecule has 2 N–H and O–H groups in total. The van der Waals surface area contributed by atoms with E-state index in [1.54, 1.807) is 6.20 Å². The summed E-state index contributed by atoms with van der Waals surface area (Å²) in [6, 6.07) is 4.09. The van der Waals surface area contributed by atoms with Gasteiger partial charge in [0.25, 0.3) is 0 Å². The zero-order valence-corrected chi connectivity index (χ0v) is 17.9. The highest BCUT2D eigenvalue weighted by Gasteiger charge is 2.33. The van der Waals surface area contributed by atoms with E-state index in [2.05, 4.69) is 34.4 Å². The van der Waals surface area contributed by atoms with Gasteiger partial charge < -0.3 is 20.3 Å². The van der Waals surface area contributed by atoms with Gasteiger partial charge in [-0.2, -0.15) is 0 Å². The molecule has 6 nitrogen and oxygen atoms in total. The highest BCUT2D eigenvalue weighted by atomic mass is 127. The maximum absolute atomic E-state index is 6.26. The molecule has 2 aliphatic rings. The van der Waals surface area contributed by atoms with E-state index in [1.807, 2.05) is 12.1 Å². The van der Waals surface area contributed by atoms with Crippen LogP contribution in [0.3, 0.4) is 0 Å². The fraction of sp³-hybridized carbons (Fsp3) is 0.647. The molecule has 0 aliphatic carbocycles. The van der Waals surface area contributed by atoms with Crippen molar-refractivity contribution in [3.63, 3.8) is 0 Å². The van der Waals surface area contributed by atoms with Crippen LogP contribution in [0.2, 0.25) is 5.02 Å². The van der Waals surface area contributed by atoms with Gasteiger partial charge in [-0.1, -0.05) is 18.5 Å². The zero-order chi connectivity index (χ0) is 17.0. The van der Waals surface area contributed by atoms with Crippen LogP contribution in [0.5, 0.6) is 0 Å². The molecule has 1 aromatic heterocycles. The Morgan fingerprint density at radius 2 is 2.32 bits per heavy atom. The average Bonchev–Trinajstić information content (AvgIpc) is 3.00. The number of ether oxygens (including phenoxy) is 1. The number of aromatic nitrogens is 1. The lowest BCUT2D eigenvalue weighted by molar-refractivity contribution is -0.0945. The molecule has 1 atom stereocenters. The molecule has 0 amide bonds. The van der Waals surface area contributed by atoms with Gasteiger partial charge in [0.2, 0.25) is 0 Å². The minimum absolute atomic E-state index is 0. The summed E-state index contributed by atoms with van der Waals surface area (Å²) < 4.78 is 5.30. The van der Waals surface area contributed by atoms with Gasteiger partial charge in [0.05, 0.1) is 24.8 Å². The second-order valence-electron chi connectivity index (χ2n) is 6.88. The van der Waals surface area contributed by atoms with E-state index in [9.17, 15) is 0 Å². The molecule has 0 aromatic carbocycles. The third-order valence-electron chi connectivity index (χ3n) is 4.43. The second kappa shape index (κ2) is 9.23. The molecule has 3 rings (SSSR count). The number of hydrogen-bond acceptors (Lipinski definition) is 4. The van der Waals surface area contributed by atoms with Gasteiger partial charge in [-0.25, -0.2) is 4.98 Å². The smallest absolute Gasteiger partial charge is 0.191 e. The number of anilines is 1. The second-order valence-corrected chi connectivity index (χ2v) is 7.29. The first-order valence-electron chi connectivity index (χ1n) is 8.58. The first kappa shape index (κ1) is 20.5. The van der Waals surface area contributed by atoms with E-state index in [0.717, 1.165) is 57.6 Å². The Kier molecular flexibility index (Phi) is 7.57. The van der Waals surface area contributed by atoms with E-state index < -0.39 is 0 Å². The first-order chi connectivity index (χ1) is 11.6. The number of aliphatic imine (C=N–C) groups is 1. The largest absolute Gasteiger partial charge is 0.380 e. The molecule has 0 spiro atoms. The molecule has 0 radical (unpaired) electrons. The highest BCUT2D eigenvalue weighted by molar-refractivity contribution is 14.0. The Morgan fingerprint density at radius 3 is 2.96 bits per heavy atom. The van der Waals surface area contributed by atoms with Crippen molar-refractivity contribution < 1.29 is 4.74 Å². The van der Waals surface area contributed by atoms with Crippen LogP contribution < -0.4 is 15.5 Å². The van der Waals surface area contributed by atoms with Gasteiger partial charge in [0, 0.05) is 37.3 Å². The lowest BCUT2D eigenvalue weighted by Crippen LogP contribution is -2.47. The maximum Gasteiger partial charge on any atom is 0.191 e. The summed E-state index contributed by atoms with van der Waals surface area (Å²) in [4.78, 5) is 11.4. The molecule has 3 heterocycles. The molecule has 1 aromatic rings.